The Bertz CT molecular complexity index is 478. The summed E-state index contributed by atoms with van der Waals surface area (Å²) in [6, 6.07) is 7.29. The van der Waals surface area contributed by atoms with Crippen LogP contribution in [0.3, 0.4) is 0 Å². The van der Waals surface area contributed by atoms with Gasteiger partial charge in [-0.15, -0.1) is 0 Å². The van der Waals surface area contributed by atoms with Crippen LogP contribution in [-0.2, 0) is 0 Å². The molecule has 4 heteroatoms. The summed E-state index contributed by atoms with van der Waals surface area (Å²) < 4.78 is 0. The maximum absolute atomic E-state index is 11.3. The van der Waals surface area contributed by atoms with Crippen molar-refractivity contribution in [3.8, 4) is 0 Å². The second kappa shape index (κ2) is 4.05. The molecular weight excluding hydrogens is 175 g/mol. The predicted molar refractivity (Wildman–Crippen MR) is 54.2 cm³/mol. The molecule has 0 radical (unpaired) electrons. The molecule has 3 nitrogen and oxygen atoms in total. The topological polar surface area (TPSA) is 45.8 Å². The zero-order valence-electron chi connectivity index (χ0n) is 6.66. The van der Waals surface area contributed by atoms with Gasteiger partial charge < -0.3 is 4.98 Å². The number of aromatic amines is 1. The van der Waals surface area contributed by atoms with E-state index in [4.69, 9.17) is 0 Å². The molecule has 0 aliphatic carbocycles. The van der Waals surface area contributed by atoms with Crippen molar-refractivity contribution in [3.63, 3.8) is 0 Å². The molecule has 0 aliphatic heterocycles. The van der Waals surface area contributed by atoms with Crippen LogP contribution in [-0.4, -0.2) is 39.5 Å². The summed E-state index contributed by atoms with van der Waals surface area (Å²) in [7, 11) is 0. The summed E-state index contributed by atoms with van der Waals surface area (Å²) in [4.78, 5) is 18.1. The van der Waals surface area contributed by atoms with Crippen molar-refractivity contribution >= 4 is 40.5 Å². The van der Waals surface area contributed by atoms with Crippen molar-refractivity contribution in [2.24, 2.45) is 0 Å². The summed E-state index contributed by atoms with van der Waals surface area (Å²) in [5.74, 6) is 0.652. The first kappa shape index (κ1) is 10.4. The van der Waals surface area contributed by atoms with Gasteiger partial charge in [0, 0.05) is 0 Å². The molecule has 1 aromatic carbocycles. The number of hydrogen-bond acceptors (Lipinski definition) is 2. The molecule has 13 heavy (non-hydrogen) atoms. The number of hydrogen-bond donors (Lipinski definition) is 1. The number of nitrogens with zero attached hydrogens (tertiary/aromatic N) is 1. The second-order valence-corrected chi connectivity index (χ2v) is 2.67. The van der Waals surface area contributed by atoms with Crippen LogP contribution >= 0.6 is 0 Å². The minimum atomic E-state index is -0.0712. The van der Waals surface area contributed by atoms with E-state index in [1.54, 1.807) is 13.0 Å². The Morgan fingerprint density at radius 3 is 2.77 bits per heavy atom. The van der Waals surface area contributed by atoms with Gasteiger partial charge in [-0.2, -0.15) is 0 Å². The van der Waals surface area contributed by atoms with E-state index in [2.05, 4.69) is 9.97 Å². The van der Waals surface area contributed by atoms with Crippen LogP contribution in [0.5, 0.6) is 0 Å². The first-order chi connectivity index (χ1) is 5.77. The van der Waals surface area contributed by atoms with Gasteiger partial charge >= 0.3 is 29.6 Å². The van der Waals surface area contributed by atoms with Gasteiger partial charge in [0.1, 0.15) is 5.82 Å². The molecule has 0 fully saturated rings. The molecule has 1 N–H and O–H groups in total. The minimum absolute atomic E-state index is 0. The van der Waals surface area contributed by atoms with Crippen LogP contribution in [0.15, 0.2) is 29.1 Å². The van der Waals surface area contributed by atoms with E-state index in [0.717, 1.165) is 5.52 Å². The first-order valence-electron chi connectivity index (χ1n) is 3.73. The quantitative estimate of drug-likeness (QED) is 0.609. The first-order valence-corrected chi connectivity index (χ1v) is 3.73. The van der Waals surface area contributed by atoms with E-state index in [1.807, 2.05) is 18.2 Å². The molecule has 0 saturated carbocycles. The zero-order valence-corrected chi connectivity index (χ0v) is 6.66. The fourth-order valence-corrected chi connectivity index (χ4v) is 1.20. The van der Waals surface area contributed by atoms with E-state index in [-0.39, 0.29) is 35.1 Å². The van der Waals surface area contributed by atoms with E-state index >= 15 is 0 Å². The van der Waals surface area contributed by atoms with Gasteiger partial charge in [0.2, 0.25) is 0 Å². The van der Waals surface area contributed by atoms with Crippen LogP contribution in [0.1, 0.15) is 5.82 Å². The van der Waals surface area contributed by atoms with Crippen molar-refractivity contribution < 1.29 is 0 Å². The monoisotopic (exact) mass is 184 g/mol. The Labute approximate surface area is 97.5 Å². The summed E-state index contributed by atoms with van der Waals surface area (Å²) in [6.07, 6.45) is 0. The number of H-pyrrole nitrogens is 1. The van der Waals surface area contributed by atoms with E-state index < -0.39 is 0 Å². The molecule has 62 valence electrons. The maximum atomic E-state index is 11.3. The van der Waals surface area contributed by atoms with Gasteiger partial charge in [0.15, 0.2) is 0 Å². The molecule has 0 saturated heterocycles. The molecule has 0 spiro atoms. The molecule has 0 amide bonds. The Balaban J connectivity index is 0.000000845. The summed E-state index contributed by atoms with van der Waals surface area (Å²) in [5.41, 5.74) is 0.678. The number of benzene rings is 1. The van der Waals surface area contributed by atoms with Crippen LogP contribution < -0.4 is 5.56 Å². The predicted octanol–water partition coefficient (Wildman–Crippen LogP) is 0.583. The van der Waals surface area contributed by atoms with Crippen molar-refractivity contribution in [1.82, 2.24) is 9.97 Å². The van der Waals surface area contributed by atoms with Gasteiger partial charge in [0.05, 0.1) is 10.9 Å². The van der Waals surface area contributed by atoms with Gasteiger partial charge in [-0.1, -0.05) is 12.1 Å². The molecule has 0 atom stereocenters. The van der Waals surface area contributed by atoms with Crippen molar-refractivity contribution in [2.75, 3.05) is 0 Å². The number of aromatic nitrogens is 2. The third kappa shape index (κ3) is 1.99. The van der Waals surface area contributed by atoms with Crippen LogP contribution in [0, 0.1) is 6.92 Å². The van der Waals surface area contributed by atoms with Crippen LogP contribution in [0.25, 0.3) is 10.9 Å². The molecular formula is C9H9N2NaO. The number of aryl methyl sites for hydroxylation is 1. The number of rotatable bonds is 0. The molecule has 0 aliphatic rings. The summed E-state index contributed by atoms with van der Waals surface area (Å²) in [6.45, 7) is 1.77. The third-order valence-electron chi connectivity index (χ3n) is 1.73. The van der Waals surface area contributed by atoms with E-state index in [9.17, 15) is 4.79 Å². The van der Waals surface area contributed by atoms with Crippen LogP contribution in [0.2, 0.25) is 0 Å². The Morgan fingerprint density at radius 2 is 2.00 bits per heavy atom. The molecule has 1 heterocycles. The van der Waals surface area contributed by atoms with E-state index in [1.165, 1.54) is 0 Å². The fourth-order valence-electron chi connectivity index (χ4n) is 1.20. The normalized spacial score (nSPS) is 9.62. The summed E-state index contributed by atoms with van der Waals surface area (Å²) >= 11 is 0. The van der Waals surface area contributed by atoms with Crippen molar-refractivity contribution in [1.29, 1.82) is 0 Å². The van der Waals surface area contributed by atoms with Gasteiger partial charge in [0.25, 0.3) is 5.56 Å². The van der Waals surface area contributed by atoms with Crippen molar-refractivity contribution in [2.45, 2.75) is 6.92 Å². The molecule has 1 aromatic heterocycles. The molecule has 0 unspecified atom stereocenters. The second-order valence-electron chi connectivity index (χ2n) is 2.67. The van der Waals surface area contributed by atoms with Crippen LogP contribution in [0.4, 0.5) is 0 Å². The standard InChI is InChI=1S/C9H8N2O.Na.H/c1-6-10-8-5-3-2-4-7(8)9(12)11-6;;/h2-5H,1H3,(H,10,11,12);;. The molecule has 2 rings (SSSR count). The van der Waals surface area contributed by atoms with E-state index in [0.29, 0.717) is 11.2 Å². The summed E-state index contributed by atoms with van der Waals surface area (Å²) in [5, 5.41) is 0.642. The third-order valence-corrected chi connectivity index (χ3v) is 1.73. The fraction of sp³-hybridized carbons (Fsp3) is 0.111. The average molecular weight is 184 g/mol. The number of para-hydroxylation sites is 1. The molecule has 0 bridgehead atoms. The average Bonchev–Trinajstić information content (AvgIpc) is 2.04. The Kier molecular flexibility index (Phi) is 3.25. The number of nitrogens with one attached hydrogen (secondary N) is 1. The molecule has 2 aromatic rings. The van der Waals surface area contributed by atoms with Crippen molar-refractivity contribution in [3.05, 3.63) is 40.4 Å². The SMILES string of the molecule is Cc1nc2ccccc2c(=O)[nH]1.[NaH]. The van der Waals surface area contributed by atoms with Gasteiger partial charge in [-0.25, -0.2) is 4.98 Å². The Hall–Kier alpha value is -0.640. The number of fused-ring (bicyclic) bond motifs is 1. The van der Waals surface area contributed by atoms with Gasteiger partial charge in [-0.05, 0) is 19.1 Å². The zero-order chi connectivity index (χ0) is 8.55. The Morgan fingerprint density at radius 1 is 1.31 bits per heavy atom. The van der Waals surface area contributed by atoms with Gasteiger partial charge in [-0.3, -0.25) is 4.79 Å².